The summed E-state index contributed by atoms with van der Waals surface area (Å²) in [4.78, 5) is 19.1. The van der Waals surface area contributed by atoms with Gasteiger partial charge >= 0.3 is 6.03 Å². The van der Waals surface area contributed by atoms with Crippen molar-refractivity contribution in [3.05, 3.63) is 34.9 Å². The van der Waals surface area contributed by atoms with Gasteiger partial charge in [-0.15, -0.1) is 0 Å². The van der Waals surface area contributed by atoms with Crippen molar-refractivity contribution in [3.63, 3.8) is 0 Å². The highest BCUT2D eigenvalue weighted by Crippen LogP contribution is 2.16. The molecular weight excluding hydrogens is 324 g/mol. The van der Waals surface area contributed by atoms with E-state index in [1.165, 1.54) is 0 Å². The maximum absolute atomic E-state index is 12.5. The molecule has 1 aromatic rings. The Morgan fingerprint density at radius 2 is 1.96 bits per heavy atom. The summed E-state index contributed by atoms with van der Waals surface area (Å²) >= 11 is 5.98. The third-order valence-corrected chi connectivity index (χ3v) is 4.76. The standard InChI is InChI=1S/C18H29ClN4O/c1-14-12-22(13-15(2)23(14)9-8-21(3)4)18(24)20-11-16-6-5-7-17(19)10-16/h5-7,10,14-15H,8-9,11-13H2,1-4H3,(H,20,24). The highest BCUT2D eigenvalue weighted by Gasteiger charge is 2.31. The molecule has 0 aromatic heterocycles. The molecule has 1 aliphatic rings. The topological polar surface area (TPSA) is 38.8 Å². The summed E-state index contributed by atoms with van der Waals surface area (Å²) in [5, 5.41) is 3.70. The van der Waals surface area contributed by atoms with Crippen molar-refractivity contribution in [2.75, 3.05) is 40.3 Å². The van der Waals surface area contributed by atoms with Crippen LogP contribution in [0.4, 0.5) is 4.79 Å². The number of hydrogen-bond acceptors (Lipinski definition) is 3. The number of nitrogens with one attached hydrogen (secondary N) is 1. The molecule has 0 saturated carbocycles. The minimum absolute atomic E-state index is 0.000866. The monoisotopic (exact) mass is 352 g/mol. The van der Waals surface area contributed by atoms with Gasteiger partial charge in [0.15, 0.2) is 0 Å². The zero-order valence-electron chi connectivity index (χ0n) is 15.1. The molecule has 0 radical (unpaired) electrons. The van der Waals surface area contributed by atoms with Crippen LogP contribution in [0.3, 0.4) is 0 Å². The average Bonchev–Trinajstić information content (AvgIpc) is 2.51. The van der Waals surface area contributed by atoms with Crippen LogP contribution in [0.1, 0.15) is 19.4 Å². The molecule has 1 N–H and O–H groups in total. The first-order valence-electron chi connectivity index (χ1n) is 8.54. The molecule has 0 bridgehead atoms. The maximum atomic E-state index is 12.5. The van der Waals surface area contributed by atoms with Gasteiger partial charge < -0.3 is 15.1 Å². The normalized spacial score (nSPS) is 22.0. The quantitative estimate of drug-likeness (QED) is 0.885. The molecule has 1 saturated heterocycles. The van der Waals surface area contributed by atoms with E-state index in [0.29, 0.717) is 23.7 Å². The van der Waals surface area contributed by atoms with Crippen molar-refractivity contribution in [2.45, 2.75) is 32.5 Å². The van der Waals surface area contributed by atoms with Gasteiger partial charge in [-0.3, -0.25) is 4.90 Å². The third kappa shape index (κ3) is 5.36. The van der Waals surface area contributed by atoms with E-state index in [2.05, 4.69) is 43.1 Å². The van der Waals surface area contributed by atoms with Crippen molar-refractivity contribution in [2.24, 2.45) is 0 Å². The molecule has 2 rings (SSSR count). The Morgan fingerprint density at radius 1 is 1.29 bits per heavy atom. The fourth-order valence-corrected chi connectivity index (χ4v) is 3.43. The Morgan fingerprint density at radius 3 is 2.54 bits per heavy atom. The number of carbonyl (C=O) groups is 1. The van der Waals surface area contributed by atoms with Crippen LogP contribution in [0.5, 0.6) is 0 Å². The largest absolute Gasteiger partial charge is 0.334 e. The molecule has 2 atom stereocenters. The Hall–Kier alpha value is -1.30. The van der Waals surface area contributed by atoms with Gasteiger partial charge in [0.2, 0.25) is 0 Å². The number of carbonyl (C=O) groups excluding carboxylic acids is 1. The minimum atomic E-state index is 0.000866. The van der Waals surface area contributed by atoms with E-state index in [1.54, 1.807) is 0 Å². The fraction of sp³-hybridized carbons (Fsp3) is 0.611. The Bertz CT molecular complexity index is 540. The lowest BCUT2D eigenvalue weighted by Crippen LogP contribution is -2.60. The molecule has 1 fully saturated rings. The second-order valence-electron chi connectivity index (χ2n) is 6.93. The number of piperazine rings is 1. The van der Waals surface area contributed by atoms with Crippen LogP contribution in [-0.4, -0.2) is 73.1 Å². The highest BCUT2D eigenvalue weighted by atomic mass is 35.5. The number of amides is 2. The van der Waals surface area contributed by atoms with Crippen molar-refractivity contribution < 1.29 is 4.79 Å². The van der Waals surface area contributed by atoms with Crippen molar-refractivity contribution in [1.82, 2.24) is 20.0 Å². The van der Waals surface area contributed by atoms with Crippen LogP contribution in [0.2, 0.25) is 5.02 Å². The number of urea groups is 1. The maximum Gasteiger partial charge on any atom is 0.317 e. The minimum Gasteiger partial charge on any atom is -0.334 e. The molecule has 2 unspecified atom stereocenters. The number of hydrogen-bond donors (Lipinski definition) is 1. The van der Waals surface area contributed by atoms with Gasteiger partial charge in [-0.1, -0.05) is 23.7 Å². The lowest BCUT2D eigenvalue weighted by atomic mass is 10.1. The Kier molecular flexibility index (Phi) is 6.90. The molecule has 24 heavy (non-hydrogen) atoms. The smallest absolute Gasteiger partial charge is 0.317 e. The van der Waals surface area contributed by atoms with Gasteiger partial charge in [-0.25, -0.2) is 4.79 Å². The summed E-state index contributed by atoms with van der Waals surface area (Å²) in [5.74, 6) is 0. The van der Waals surface area contributed by atoms with Crippen LogP contribution in [-0.2, 0) is 6.54 Å². The van der Waals surface area contributed by atoms with Gasteiger partial charge in [0.1, 0.15) is 0 Å². The van der Waals surface area contributed by atoms with Crippen LogP contribution in [0, 0.1) is 0 Å². The van der Waals surface area contributed by atoms with Crippen molar-refractivity contribution in [3.8, 4) is 0 Å². The molecule has 1 aromatic carbocycles. The summed E-state index contributed by atoms with van der Waals surface area (Å²) in [6.45, 7) is 8.50. The first-order chi connectivity index (χ1) is 11.4. The van der Waals surface area contributed by atoms with Gasteiger partial charge in [0.05, 0.1) is 0 Å². The van der Waals surface area contributed by atoms with Gasteiger partial charge in [0, 0.05) is 49.8 Å². The summed E-state index contributed by atoms with van der Waals surface area (Å²) in [6, 6.07) is 8.32. The molecule has 2 amide bonds. The van der Waals surface area contributed by atoms with Gasteiger partial charge in [-0.05, 0) is 45.6 Å². The van der Waals surface area contributed by atoms with E-state index in [0.717, 1.165) is 31.7 Å². The van der Waals surface area contributed by atoms with Crippen LogP contribution in [0.25, 0.3) is 0 Å². The Labute approximate surface area is 150 Å². The van der Waals surface area contributed by atoms with E-state index < -0.39 is 0 Å². The summed E-state index contributed by atoms with van der Waals surface area (Å²) < 4.78 is 0. The van der Waals surface area contributed by atoms with Crippen LogP contribution in [0.15, 0.2) is 24.3 Å². The van der Waals surface area contributed by atoms with E-state index in [1.807, 2.05) is 29.2 Å². The SMILES string of the molecule is CC1CN(C(=O)NCc2cccc(Cl)c2)CC(C)N1CCN(C)C. The second-order valence-corrected chi connectivity index (χ2v) is 7.37. The first-order valence-corrected chi connectivity index (χ1v) is 8.92. The highest BCUT2D eigenvalue weighted by molar-refractivity contribution is 6.30. The van der Waals surface area contributed by atoms with Gasteiger partial charge in [0.25, 0.3) is 0 Å². The lowest BCUT2D eigenvalue weighted by Gasteiger charge is -2.44. The zero-order valence-corrected chi connectivity index (χ0v) is 15.9. The molecule has 0 aliphatic carbocycles. The molecule has 1 heterocycles. The van der Waals surface area contributed by atoms with Crippen molar-refractivity contribution in [1.29, 1.82) is 0 Å². The number of halogens is 1. The predicted molar refractivity (Wildman–Crippen MR) is 99.4 cm³/mol. The molecule has 6 heteroatoms. The second kappa shape index (κ2) is 8.70. The molecule has 134 valence electrons. The van der Waals surface area contributed by atoms with E-state index in [-0.39, 0.29) is 6.03 Å². The molecular formula is C18H29ClN4O. The first kappa shape index (κ1) is 19.0. The zero-order chi connectivity index (χ0) is 17.7. The molecule has 1 aliphatic heterocycles. The third-order valence-electron chi connectivity index (χ3n) is 4.53. The predicted octanol–water partition coefficient (Wildman–Crippen LogP) is 2.51. The summed E-state index contributed by atoms with van der Waals surface area (Å²) in [6.07, 6.45) is 0. The van der Waals surface area contributed by atoms with Crippen LogP contribution < -0.4 is 5.32 Å². The van der Waals surface area contributed by atoms with Crippen LogP contribution >= 0.6 is 11.6 Å². The average molecular weight is 353 g/mol. The summed E-state index contributed by atoms with van der Waals surface area (Å²) in [7, 11) is 4.18. The van der Waals surface area contributed by atoms with Crippen molar-refractivity contribution >= 4 is 17.6 Å². The number of nitrogens with zero attached hydrogens (tertiary/aromatic N) is 3. The lowest BCUT2D eigenvalue weighted by molar-refractivity contribution is 0.0507. The Balaban J connectivity index is 1.85. The molecule has 5 nitrogen and oxygen atoms in total. The van der Waals surface area contributed by atoms with E-state index in [4.69, 9.17) is 11.6 Å². The number of rotatable bonds is 5. The number of likely N-dealkylation sites (N-methyl/N-ethyl adjacent to an activating group) is 1. The van der Waals surface area contributed by atoms with E-state index >= 15 is 0 Å². The fourth-order valence-electron chi connectivity index (χ4n) is 3.22. The number of benzene rings is 1. The van der Waals surface area contributed by atoms with E-state index in [9.17, 15) is 4.79 Å². The summed E-state index contributed by atoms with van der Waals surface area (Å²) in [5.41, 5.74) is 1.02. The molecule has 0 spiro atoms. The van der Waals surface area contributed by atoms with Gasteiger partial charge in [-0.2, -0.15) is 0 Å².